The van der Waals surface area contributed by atoms with Crippen molar-refractivity contribution in [3.63, 3.8) is 0 Å². The number of rotatable bonds is 0. The molecule has 5 heteroatoms. The molecule has 5 nitrogen and oxygen atoms in total. The predicted octanol–water partition coefficient (Wildman–Crippen LogP) is 0.601. The Bertz CT molecular complexity index is 353. The van der Waals surface area contributed by atoms with Crippen molar-refractivity contribution in [3.05, 3.63) is 0 Å². The number of nitrogens with zero attached hydrogens (tertiary/aromatic N) is 1. The van der Waals surface area contributed by atoms with Gasteiger partial charge < -0.3 is 10.2 Å². The van der Waals surface area contributed by atoms with Crippen LogP contribution in [0.2, 0.25) is 0 Å². The van der Waals surface area contributed by atoms with Gasteiger partial charge in [0.1, 0.15) is 5.54 Å². The number of hydrogen-bond donors (Lipinski definition) is 2. The molecule has 3 fully saturated rings. The van der Waals surface area contributed by atoms with E-state index in [0.717, 1.165) is 25.7 Å². The summed E-state index contributed by atoms with van der Waals surface area (Å²) in [6.07, 6.45) is 6.26. The lowest BCUT2D eigenvalue weighted by atomic mass is 9.79. The third-order valence-corrected chi connectivity index (χ3v) is 4.66. The minimum absolute atomic E-state index is 0.118. The fourth-order valence-electron chi connectivity index (χ4n) is 3.66. The van der Waals surface area contributed by atoms with E-state index in [1.807, 2.05) is 0 Å². The molecule has 0 radical (unpaired) electrons. The zero-order chi connectivity index (χ0) is 12.0. The molecule has 0 aliphatic carbocycles. The van der Waals surface area contributed by atoms with Crippen LogP contribution in [0, 0.1) is 0 Å². The molecule has 3 heterocycles. The summed E-state index contributed by atoms with van der Waals surface area (Å²) in [5, 5.41) is 5.26. The van der Waals surface area contributed by atoms with E-state index in [1.165, 1.54) is 12.8 Å². The van der Waals surface area contributed by atoms with Crippen molar-refractivity contribution >= 4 is 11.9 Å². The van der Waals surface area contributed by atoms with Crippen molar-refractivity contribution in [2.45, 2.75) is 56.1 Å². The summed E-state index contributed by atoms with van der Waals surface area (Å²) < 4.78 is 0. The monoisotopic (exact) mass is 237 g/mol. The van der Waals surface area contributed by atoms with E-state index in [1.54, 1.807) is 0 Å². The Morgan fingerprint density at radius 1 is 1.18 bits per heavy atom. The summed E-state index contributed by atoms with van der Waals surface area (Å²) in [4.78, 5) is 25.8. The number of fused-ring (bicyclic) bond motifs is 2. The van der Waals surface area contributed by atoms with Crippen LogP contribution in [-0.4, -0.2) is 41.5 Å². The molecule has 2 atom stereocenters. The van der Waals surface area contributed by atoms with E-state index >= 15 is 0 Å². The molecule has 1 spiro atoms. The second-order valence-electron chi connectivity index (χ2n) is 5.66. The lowest BCUT2D eigenvalue weighted by molar-refractivity contribution is -0.127. The maximum Gasteiger partial charge on any atom is 0.322 e. The Hall–Kier alpha value is -1.10. The maximum atomic E-state index is 12.0. The Kier molecular flexibility index (Phi) is 2.40. The van der Waals surface area contributed by atoms with Crippen LogP contribution < -0.4 is 10.6 Å². The molecule has 3 aliphatic heterocycles. The van der Waals surface area contributed by atoms with Gasteiger partial charge in [-0.25, -0.2) is 4.79 Å². The number of nitrogens with one attached hydrogen (secondary N) is 2. The van der Waals surface area contributed by atoms with Gasteiger partial charge >= 0.3 is 6.03 Å². The minimum atomic E-state index is -0.622. The summed E-state index contributed by atoms with van der Waals surface area (Å²) in [6, 6.07) is 0.539. The topological polar surface area (TPSA) is 61.4 Å². The molecule has 3 aliphatic rings. The highest BCUT2D eigenvalue weighted by molar-refractivity contribution is 6.07. The zero-order valence-electron chi connectivity index (χ0n) is 10.2. The van der Waals surface area contributed by atoms with Gasteiger partial charge in [-0.1, -0.05) is 12.8 Å². The number of carbonyl (C=O) groups is 2. The number of hydrogen-bond acceptors (Lipinski definition) is 3. The third kappa shape index (κ3) is 1.64. The van der Waals surface area contributed by atoms with Crippen molar-refractivity contribution in [1.82, 2.24) is 15.5 Å². The van der Waals surface area contributed by atoms with E-state index in [2.05, 4.69) is 22.6 Å². The maximum absolute atomic E-state index is 12.0. The van der Waals surface area contributed by atoms with Crippen LogP contribution in [-0.2, 0) is 4.79 Å². The predicted molar refractivity (Wildman–Crippen MR) is 62.4 cm³/mol. The van der Waals surface area contributed by atoms with Crippen LogP contribution in [0.3, 0.4) is 0 Å². The summed E-state index contributed by atoms with van der Waals surface area (Å²) in [5.74, 6) is -0.118. The van der Waals surface area contributed by atoms with Gasteiger partial charge in [0.05, 0.1) is 0 Å². The van der Waals surface area contributed by atoms with Crippen LogP contribution in [0.25, 0.3) is 0 Å². The van der Waals surface area contributed by atoms with Crippen molar-refractivity contribution < 1.29 is 9.59 Å². The Morgan fingerprint density at radius 3 is 2.24 bits per heavy atom. The normalized spacial score (nSPS) is 42.2. The first-order chi connectivity index (χ1) is 8.11. The van der Waals surface area contributed by atoms with Crippen LogP contribution in [0.15, 0.2) is 0 Å². The van der Waals surface area contributed by atoms with Crippen LogP contribution >= 0.6 is 0 Å². The molecule has 3 saturated heterocycles. The average Bonchev–Trinajstić information content (AvgIpc) is 2.49. The summed E-state index contributed by atoms with van der Waals surface area (Å²) >= 11 is 0. The van der Waals surface area contributed by atoms with Gasteiger partial charge in [-0.05, 0) is 32.7 Å². The van der Waals surface area contributed by atoms with Gasteiger partial charge in [0.25, 0.3) is 5.91 Å². The van der Waals surface area contributed by atoms with Gasteiger partial charge in [-0.15, -0.1) is 0 Å². The van der Waals surface area contributed by atoms with Gasteiger partial charge in [0.2, 0.25) is 0 Å². The highest BCUT2D eigenvalue weighted by Gasteiger charge is 2.53. The van der Waals surface area contributed by atoms with E-state index < -0.39 is 5.54 Å². The van der Waals surface area contributed by atoms with Gasteiger partial charge in [-0.3, -0.25) is 10.1 Å². The first-order valence-corrected chi connectivity index (χ1v) is 6.46. The van der Waals surface area contributed by atoms with E-state index in [-0.39, 0.29) is 11.9 Å². The molecular weight excluding hydrogens is 218 g/mol. The number of amides is 3. The van der Waals surface area contributed by atoms with Crippen LogP contribution in [0.4, 0.5) is 4.79 Å². The standard InChI is InChI=1S/C12H19N3O2/c1-15-8-4-2-3-5-9(15)7-12(6-8)10(16)13-11(17)14-12/h8-9H,2-7H2,1H3,(H2,13,14,16,17). The van der Waals surface area contributed by atoms with Crippen molar-refractivity contribution in [2.24, 2.45) is 0 Å². The molecular formula is C12H19N3O2. The van der Waals surface area contributed by atoms with Gasteiger partial charge in [-0.2, -0.15) is 0 Å². The minimum Gasteiger partial charge on any atom is -0.323 e. The average molecular weight is 237 g/mol. The molecule has 2 bridgehead atoms. The fourth-order valence-corrected chi connectivity index (χ4v) is 3.66. The molecule has 94 valence electrons. The molecule has 3 rings (SSSR count). The Labute approximate surface area is 101 Å². The van der Waals surface area contributed by atoms with Crippen LogP contribution in [0.1, 0.15) is 38.5 Å². The molecule has 3 amide bonds. The van der Waals surface area contributed by atoms with E-state index in [0.29, 0.717) is 12.1 Å². The molecule has 2 unspecified atom stereocenters. The number of piperidine rings is 1. The second kappa shape index (κ2) is 3.70. The number of carbonyl (C=O) groups excluding carboxylic acids is 2. The summed E-state index contributed by atoms with van der Waals surface area (Å²) in [6.45, 7) is 0. The number of imide groups is 1. The number of urea groups is 1. The van der Waals surface area contributed by atoms with Crippen molar-refractivity contribution in [1.29, 1.82) is 0 Å². The molecule has 0 aromatic carbocycles. The largest absolute Gasteiger partial charge is 0.323 e. The highest BCUT2D eigenvalue weighted by Crippen LogP contribution is 2.38. The SMILES string of the molecule is CN1C2CCCCC1CC1(C2)NC(=O)NC1=O. The first kappa shape index (κ1) is 11.0. The van der Waals surface area contributed by atoms with E-state index in [9.17, 15) is 9.59 Å². The highest BCUT2D eigenvalue weighted by atomic mass is 16.2. The van der Waals surface area contributed by atoms with Gasteiger partial charge in [0.15, 0.2) is 0 Å². The summed E-state index contributed by atoms with van der Waals surface area (Å²) in [5.41, 5.74) is -0.622. The first-order valence-electron chi connectivity index (χ1n) is 6.46. The Morgan fingerprint density at radius 2 is 1.76 bits per heavy atom. The molecule has 2 N–H and O–H groups in total. The second-order valence-corrected chi connectivity index (χ2v) is 5.66. The van der Waals surface area contributed by atoms with Crippen LogP contribution in [0.5, 0.6) is 0 Å². The third-order valence-electron chi connectivity index (χ3n) is 4.66. The molecule has 0 aromatic rings. The van der Waals surface area contributed by atoms with Crippen molar-refractivity contribution in [2.75, 3.05) is 7.05 Å². The fraction of sp³-hybridized carbons (Fsp3) is 0.833. The quantitative estimate of drug-likeness (QED) is 0.607. The smallest absolute Gasteiger partial charge is 0.322 e. The van der Waals surface area contributed by atoms with Gasteiger partial charge in [0, 0.05) is 12.1 Å². The van der Waals surface area contributed by atoms with Crippen molar-refractivity contribution in [3.8, 4) is 0 Å². The molecule has 0 aromatic heterocycles. The van der Waals surface area contributed by atoms with E-state index in [4.69, 9.17) is 0 Å². The molecule has 17 heavy (non-hydrogen) atoms. The Balaban J connectivity index is 1.90. The lowest BCUT2D eigenvalue weighted by Crippen LogP contribution is -2.60. The molecule has 0 saturated carbocycles. The lowest BCUT2D eigenvalue weighted by Gasteiger charge is -2.45. The summed E-state index contributed by atoms with van der Waals surface area (Å²) in [7, 11) is 2.15. The zero-order valence-corrected chi connectivity index (χ0v) is 10.2.